The van der Waals surface area contributed by atoms with Gasteiger partial charge in [-0.3, -0.25) is 9.59 Å². The molecule has 2 atom stereocenters. The quantitative estimate of drug-likeness (QED) is 0.430. The highest BCUT2D eigenvalue weighted by atomic mass is 32.2. The van der Waals surface area contributed by atoms with E-state index in [1.54, 1.807) is 11.8 Å². The van der Waals surface area contributed by atoms with Crippen LogP contribution in [0.15, 0.2) is 11.3 Å². The summed E-state index contributed by atoms with van der Waals surface area (Å²) in [5.41, 5.74) is 1.03. The highest BCUT2D eigenvalue weighted by Crippen LogP contribution is 2.43. The van der Waals surface area contributed by atoms with Crippen molar-refractivity contribution in [1.82, 2.24) is 10.2 Å². The predicted octanol–water partition coefficient (Wildman–Crippen LogP) is 0.793. The Kier molecular flexibility index (Phi) is 4.37. The number of hydrogen-bond acceptors (Lipinski definition) is 4. The van der Waals surface area contributed by atoms with Crippen molar-refractivity contribution in [2.45, 2.75) is 32.7 Å². The third-order valence-corrected chi connectivity index (χ3v) is 4.64. The number of fused-ring (bicyclic) bond motifs is 1. The minimum atomic E-state index is -1.02. The van der Waals surface area contributed by atoms with Gasteiger partial charge in [0.05, 0.1) is 11.9 Å². The molecule has 2 aliphatic heterocycles. The molecular formula is C13H18N2O4S. The Morgan fingerprint density at radius 3 is 2.75 bits per heavy atom. The molecule has 0 aromatic rings. The molecule has 0 aromatic heterocycles. The van der Waals surface area contributed by atoms with Gasteiger partial charge < -0.3 is 15.3 Å². The number of rotatable bonds is 6. The van der Waals surface area contributed by atoms with E-state index in [4.69, 9.17) is 0 Å². The van der Waals surface area contributed by atoms with Gasteiger partial charge in [-0.15, -0.1) is 11.8 Å². The largest absolute Gasteiger partial charge is 0.477 e. The van der Waals surface area contributed by atoms with Gasteiger partial charge >= 0.3 is 5.97 Å². The van der Waals surface area contributed by atoms with Gasteiger partial charge in [0, 0.05) is 19.3 Å². The fourth-order valence-corrected chi connectivity index (χ4v) is 3.54. The van der Waals surface area contributed by atoms with Gasteiger partial charge in [-0.25, -0.2) is 4.79 Å². The molecule has 0 radical (unpaired) electrons. The average molecular weight is 298 g/mol. The standard InChI is InChI=1S/C13H18N2O4S/c1-7-9(3-4-20-6-14-8(2)16)12(13(18)19)15-10(7)5-11(15)17/h7,10H,3-6H2,1-2H3,(H,14,16)(H,18,19)/t7-,10+/m1/s1. The van der Waals surface area contributed by atoms with Gasteiger partial charge in [0.15, 0.2) is 0 Å². The topological polar surface area (TPSA) is 86.7 Å². The van der Waals surface area contributed by atoms with Crippen LogP contribution >= 0.6 is 11.8 Å². The molecule has 20 heavy (non-hydrogen) atoms. The van der Waals surface area contributed by atoms with Crippen molar-refractivity contribution < 1.29 is 19.5 Å². The molecule has 6 nitrogen and oxygen atoms in total. The zero-order valence-electron chi connectivity index (χ0n) is 11.5. The first-order valence-electron chi connectivity index (χ1n) is 6.54. The van der Waals surface area contributed by atoms with E-state index < -0.39 is 5.97 Å². The normalized spacial score (nSPS) is 24.5. The lowest BCUT2D eigenvalue weighted by Crippen LogP contribution is -2.51. The van der Waals surface area contributed by atoms with Crippen LogP contribution in [0.5, 0.6) is 0 Å². The molecule has 110 valence electrons. The van der Waals surface area contributed by atoms with Crippen molar-refractivity contribution >= 4 is 29.5 Å². The van der Waals surface area contributed by atoms with Crippen LogP contribution in [-0.4, -0.2) is 45.5 Å². The summed E-state index contributed by atoms with van der Waals surface area (Å²) < 4.78 is 0. The maximum Gasteiger partial charge on any atom is 0.352 e. The number of amides is 2. The van der Waals surface area contributed by atoms with Crippen molar-refractivity contribution in [3.8, 4) is 0 Å². The Bertz CT molecular complexity index is 489. The van der Waals surface area contributed by atoms with Crippen molar-refractivity contribution in [2.75, 3.05) is 11.6 Å². The van der Waals surface area contributed by atoms with Gasteiger partial charge in [0.2, 0.25) is 11.8 Å². The molecule has 7 heteroatoms. The molecule has 2 aliphatic rings. The SMILES string of the molecule is CC(=O)NCSCCC1=C(C(=O)O)N2C(=O)C[C@H]2[C@@H]1C. The van der Waals surface area contributed by atoms with E-state index in [0.29, 0.717) is 18.7 Å². The second kappa shape index (κ2) is 5.87. The molecular weight excluding hydrogens is 280 g/mol. The lowest BCUT2D eigenvalue weighted by atomic mass is 9.89. The second-order valence-corrected chi connectivity index (χ2v) is 6.14. The van der Waals surface area contributed by atoms with E-state index in [-0.39, 0.29) is 29.5 Å². The Balaban J connectivity index is 1.96. The van der Waals surface area contributed by atoms with Gasteiger partial charge in [0.1, 0.15) is 5.70 Å². The smallest absolute Gasteiger partial charge is 0.352 e. The maximum absolute atomic E-state index is 11.5. The maximum atomic E-state index is 11.5. The lowest BCUT2D eigenvalue weighted by Gasteiger charge is -2.37. The number of aliphatic carboxylic acids is 1. The fraction of sp³-hybridized carbons (Fsp3) is 0.615. The summed E-state index contributed by atoms with van der Waals surface area (Å²) in [6.45, 7) is 3.44. The molecule has 1 saturated heterocycles. The lowest BCUT2D eigenvalue weighted by molar-refractivity contribution is -0.148. The molecule has 0 aliphatic carbocycles. The number of carboxylic acid groups (broad SMARTS) is 1. The zero-order chi connectivity index (χ0) is 14.9. The highest BCUT2D eigenvalue weighted by molar-refractivity contribution is 7.99. The second-order valence-electron chi connectivity index (χ2n) is 5.04. The number of carbonyl (C=O) groups is 3. The zero-order valence-corrected chi connectivity index (χ0v) is 12.3. The van der Waals surface area contributed by atoms with E-state index in [1.165, 1.54) is 11.8 Å². The molecule has 2 heterocycles. The van der Waals surface area contributed by atoms with Gasteiger partial charge in [-0.1, -0.05) is 6.92 Å². The van der Waals surface area contributed by atoms with Gasteiger partial charge in [-0.05, 0) is 17.7 Å². The molecule has 0 unspecified atom stereocenters. The monoisotopic (exact) mass is 298 g/mol. The van der Waals surface area contributed by atoms with Crippen LogP contribution < -0.4 is 5.32 Å². The van der Waals surface area contributed by atoms with E-state index in [1.807, 2.05) is 6.92 Å². The Morgan fingerprint density at radius 2 is 2.20 bits per heavy atom. The van der Waals surface area contributed by atoms with Crippen LogP contribution in [0.25, 0.3) is 0 Å². The number of β-lactam (4-membered cyclic amide) rings is 1. The molecule has 0 spiro atoms. The van der Waals surface area contributed by atoms with Crippen LogP contribution in [0.3, 0.4) is 0 Å². The average Bonchev–Trinajstić information content (AvgIpc) is 2.58. The van der Waals surface area contributed by atoms with Crippen LogP contribution in [0.2, 0.25) is 0 Å². The highest BCUT2D eigenvalue weighted by Gasteiger charge is 2.51. The Hall–Kier alpha value is -1.50. The number of carbonyl (C=O) groups excluding carboxylic acids is 2. The first-order chi connectivity index (χ1) is 9.43. The Labute approximate surface area is 121 Å². The first kappa shape index (κ1) is 14.9. The van der Waals surface area contributed by atoms with Crippen molar-refractivity contribution in [3.05, 3.63) is 11.3 Å². The van der Waals surface area contributed by atoms with Crippen molar-refractivity contribution in [3.63, 3.8) is 0 Å². The number of carboxylic acids is 1. The van der Waals surface area contributed by atoms with Crippen LogP contribution in [0, 0.1) is 5.92 Å². The molecule has 2 N–H and O–H groups in total. The van der Waals surface area contributed by atoms with Crippen molar-refractivity contribution in [1.29, 1.82) is 0 Å². The number of hydrogen-bond donors (Lipinski definition) is 2. The molecule has 1 fully saturated rings. The van der Waals surface area contributed by atoms with Crippen LogP contribution in [0.1, 0.15) is 26.7 Å². The fourth-order valence-electron chi connectivity index (χ4n) is 2.73. The molecule has 2 rings (SSSR count). The Morgan fingerprint density at radius 1 is 1.50 bits per heavy atom. The minimum Gasteiger partial charge on any atom is -0.477 e. The van der Waals surface area contributed by atoms with E-state index in [9.17, 15) is 19.5 Å². The summed E-state index contributed by atoms with van der Waals surface area (Å²) >= 11 is 1.55. The summed E-state index contributed by atoms with van der Waals surface area (Å²) in [7, 11) is 0. The van der Waals surface area contributed by atoms with E-state index in [2.05, 4.69) is 5.32 Å². The summed E-state index contributed by atoms with van der Waals surface area (Å²) in [6, 6.07) is 0.0314. The summed E-state index contributed by atoms with van der Waals surface area (Å²) in [6.07, 6.45) is 1.08. The van der Waals surface area contributed by atoms with Crippen LogP contribution in [-0.2, 0) is 14.4 Å². The number of nitrogens with one attached hydrogen (secondary N) is 1. The summed E-state index contributed by atoms with van der Waals surface area (Å²) in [4.78, 5) is 35.1. The van der Waals surface area contributed by atoms with Gasteiger partial charge in [0.25, 0.3) is 0 Å². The molecule has 0 saturated carbocycles. The molecule has 0 aromatic carbocycles. The number of thioether (sulfide) groups is 1. The summed E-state index contributed by atoms with van der Waals surface area (Å²) in [5.74, 6) is 0.165. The summed E-state index contributed by atoms with van der Waals surface area (Å²) in [5, 5.41) is 12.0. The van der Waals surface area contributed by atoms with E-state index >= 15 is 0 Å². The third-order valence-electron chi connectivity index (χ3n) is 3.80. The molecule has 0 bridgehead atoms. The van der Waals surface area contributed by atoms with E-state index in [0.717, 1.165) is 11.3 Å². The van der Waals surface area contributed by atoms with Crippen LogP contribution in [0.4, 0.5) is 0 Å². The van der Waals surface area contributed by atoms with Gasteiger partial charge in [-0.2, -0.15) is 0 Å². The minimum absolute atomic E-state index is 0.0314. The predicted molar refractivity (Wildman–Crippen MR) is 74.8 cm³/mol. The number of nitrogens with zero attached hydrogens (tertiary/aromatic N) is 1. The first-order valence-corrected chi connectivity index (χ1v) is 7.69. The molecule has 2 amide bonds. The van der Waals surface area contributed by atoms with Crippen molar-refractivity contribution in [2.24, 2.45) is 5.92 Å². The third kappa shape index (κ3) is 2.67.